The molecular weight excluding hydrogens is 380 g/mol. The Balaban J connectivity index is 1.25. The van der Waals surface area contributed by atoms with Crippen LogP contribution in [0.4, 0.5) is 10.5 Å². The van der Waals surface area contributed by atoms with Crippen LogP contribution in [0.2, 0.25) is 0 Å². The number of ether oxygens (including phenoxy) is 1. The number of carbonyl (C=O) groups is 2. The number of aromatic nitrogens is 1. The molecule has 2 aromatic rings. The number of rotatable bonds is 5. The highest BCUT2D eigenvalue weighted by Crippen LogP contribution is 2.27. The van der Waals surface area contributed by atoms with E-state index in [1.165, 1.54) is 5.56 Å². The van der Waals surface area contributed by atoms with Gasteiger partial charge in [0.05, 0.1) is 6.04 Å². The van der Waals surface area contributed by atoms with Crippen LogP contribution in [-0.4, -0.2) is 48.1 Å². The molecule has 30 heavy (non-hydrogen) atoms. The van der Waals surface area contributed by atoms with Gasteiger partial charge in [-0.05, 0) is 49.1 Å². The van der Waals surface area contributed by atoms with Crippen molar-refractivity contribution in [2.75, 3.05) is 31.6 Å². The molecule has 0 radical (unpaired) electrons. The maximum atomic E-state index is 12.4. The lowest BCUT2D eigenvalue weighted by molar-refractivity contribution is -0.128. The number of anilines is 1. The van der Waals surface area contributed by atoms with Crippen LogP contribution in [0.1, 0.15) is 42.9 Å². The van der Waals surface area contributed by atoms with E-state index in [1.807, 2.05) is 49.5 Å². The van der Waals surface area contributed by atoms with E-state index in [-0.39, 0.29) is 23.9 Å². The minimum absolute atomic E-state index is 0.0341. The fourth-order valence-electron chi connectivity index (χ4n) is 3.90. The number of pyridine rings is 1. The van der Waals surface area contributed by atoms with Gasteiger partial charge in [0.1, 0.15) is 0 Å². The van der Waals surface area contributed by atoms with Gasteiger partial charge >= 0.3 is 6.03 Å². The number of hydrogen-bond donors (Lipinski definition) is 2. The molecule has 2 N–H and O–H groups in total. The van der Waals surface area contributed by atoms with Gasteiger partial charge < -0.3 is 20.3 Å². The van der Waals surface area contributed by atoms with E-state index >= 15 is 0 Å². The van der Waals surface area contributed by atoms with Crippen molar-refractivity contribution in [3.63, 3.8) is 0 Å². The Labute approximate surface area is 176 Å². The Morgan fingerprint density at radius 1 is 1.13 bits per heavy atom. The second-order valence-electron chi connectivity index (χ2n) is 8.06. The first-order chi connectivity index (χ1) is 14.6. The molecule has 0 bridgehead atoms. The first-order valence-electron chi connectivity index (χ1n) is 10.5. The third-order valence-corrected chi connectivity index (χ3v) is 5.94. The summed E-state index contributed by atoms with van der Waals surface area (Å²) >= 11 is 0. The van der Waals surface area contributed by atoms with E-state index in [0.717, 1.165) is 24.1 Å². The Bertz CT molecular complexity index is 860. The number of urea groups is 1. The topological polar surface area (TPSA) is 83.6 Å². The van der Waals surface area contributed by atoms with Gasteiger partial charge in [0.2, 0.25) is 5.91 Å². The summed E-state index contributed by atoms with van der Waals surface area (Å²) in [5.41, 5.74) is 2.92. The minimum Gasteiger partial charge on any atom is -0.381 e. The lowest BCUT2D eigenvalue weighted by atomic mass is 9.93. The molecule has 2 fully saturated rings. The Kier molecular flexibility index (Phi) is 6.28. The molecule has 2 aliphatic rings. The van der Waals surface area contributed by atoms with E-state index in [1.54, 1.807) is 11.1 Å². The average molecular weight is 409 g/mol. The molecule has 0 unspecified atom stereocenters. The molecule has 3 amide bonds. The van der Waals surface area contributed by atoms with Crippen LogP contribution in [0.25, 0.3) is 0 Å². The predicted molar refractivity (Wildman–Crippen MR) is 114 cm³/mol. The number of carbonyl (C=O) groups excluding carboxylic acids is 2. The van der Waals surface area contributed by atoms with Crippen molar-refractivity contribution in [2.45, 2.75) is 31.7 Å². The van der Waals surface area contributed by atoms with Gasteiger partial charge in [-0.25, -0.2) is 4.79 Å². The monoisotopic (exact) mass is 408 g/mol. The number of amides is 3. The highest BCUT2D eigenvalue weighted by molar-refractivity contribution is 5.90. The van der Waals surface area contributed by atoms with Crippen LogP contribution in [0, 0.1) is 5.92 Å². The van der Waals surface area contributed by atoms with E-state index in [9.17, 15) is 9.59 Å². The molecule has 1 atom stereocenters. The zero-order valence-corrected chi connectivity index (χ0v) is 17.2. The second-order valence-corrected chi connectivity index (χ2v) is 8.06. The van der Waals surface area contributed by atoms with Gasteiger partial charge in [-0.2, -0.15) is 0 Å². The van der Waals surface area contributed by atoms with E-state index in [4.69, 9.17) is 4.74 Å². The molecule has 0 aliphatic carbocycles. The smallest absolute Gasteiger partial charge is 0.321 e. The standard InChI is InChI=1S/C23H28N4O3/c1-16(25-22(28)18-8-11-30-12-9-18)17-4-6-21(7-5-17)26-23(29)27-14-20(15-27)19-3-2-10-24-13-19/h2-7,10,13,16,18,20H,8-9,11-12,14-15H2,1H3,(H,25,28)(H,26,29)/t16-/m0/s1. The highest BCUT2D eigenvalue weighted by atomic mass is 16.5. The van der Waals surface area contributed by atoms with E-state index in [0.29, 0.717) is 32.2 Å². The van der Waals surface area contributed by atoms with E-state index in [2.05, 4.69) is 15.6 Å². The maximum absolute atomic E-state index is 12.4. The van der Waals surface area contributed by atoms with Gasteiger partial charge in [-0.1, -0.05) is 18.2 Å². The second kappa shape index (κ2) is 9.26. The van der Waals surface area contributed by atoms with Crippen LogP contribution >= 0.6 is 0 Å². The lowest BCUT2D eigenvalue weighted by Crippen LogP contribution is -2.50. The van der Waals surface area contributed by atoms with Gasteiger partial charge in [0.25, 0.3) is 0 Å². The molecular formula is C23H28N4O3. The normalized spacial score (nSPS) is 18.4. The summed E-state index contributed by atoms with van der Waals surface area (Å²) < 4.78 is 5.32. The summed E-state index contributed by atoms with van der Waals surface area (Å²) in [6.45, 7) is 4.68. The Morgan fingerprint density at radius 3 is 2.53 bits per heavy atom. The van der Waals surface area contributed by atoms with E-state index < -0.39 is 0 Å². The minimum atomic E-state index is -0.0937. The molecule has 0 saturated carbocycles. The first kappa shape index (κ1) is 20.3. The van der Waals surface area contributed by atoms with Crippen molar-refractivity contribution < 1.29 is 14.3 Å². The summed E-state index contributed by atoms with van der Waals surface area (Å²) in [4.78, 5) is 30.8. The molecule has 3 heterocycles. The Hall–Kier alpha value is -2.93. The fraction of sp³-hybridized carbons (Fsp3) is 0.435. The van der Waals surface area contributed by atoms with Crippen LogP contribution in [0.5, 0.6) is 0 Å². The predicted octanol–water partition coefficient (Wildman–Crippen LogP) is 3.32. The third kappa shape index (κ3) is 4.79. The molecule has 2 aliphatic heterocycles. The molecule has 4 rings (SSSR count). The van der Waals surface area contributed by atoms with Crippen LogP contribution in [0.15, 0.2) is 48.8 Å². The van der Waals surface area contributed by atoms with Crippen molar-refractivity contribution >= 4 is 17.6 Å². The maximum Gasteiger partial charge on any atom is 0.321 e. The number of nitrogens with zero attached hydrogens (tertiary/aromatic N) is 2. The van der Waals surface area contributed by atoms with Crippen molar-refractivity contribution in [2.24, 2.45) is 5.92 Å². The molecule has 1 aromatic carbocycles. The van der Waals surface area contributed by atoms with Crippen LogP contribution in [0.3, 0.4) is 0 Å². The fourth-order valence-corrected chi connectivity index (χ4v) is 3.90. The van der Waals surface area contributed by atoms with Crippen LogP contribution < -0.4 is 10.6 Å². The van der Waals surface area contributed by atoms with Gasteiger partial charge in [-0.15, -0.1) is 0 Å². The lowest BCUT2D eigenvalue weighted by Gasteiger charge is -2.39. The van der Waals surface area contributed by atoms with Gasteiger partial charge in [0, 0.05) is 56.2 Å². The van der Waals surface area contributed by atoms with Crippen molar-refractivity contribution in [3.05, 3.63) is 59.9 Å². The molecule has 7 nitrogen and oxygen atoms in total. The van der Waals surface area contributed by atoms with Crippen molar-refractivity contribution in [1.29, 1.82) is 0 Å². The van der Waals surface area contributed by atoms with Gasteiger partial charge in [0.15, 0.2) is 0 Å². The summed E-state index contributed by atoms with van der Waals surface area (Å²) in [5.74, 6) is 0.475. The number of likely N-dealkylation sites (tertiary alicyclic amines) is 1. The quantitative estimate of drug-likeness (QED) is 0.795. The SMILES string of the molecule is C[C@H](NC(=O)C1CCOCC1)c1ccc(NC(=O)N2CC(c3cccnc3)C2)cc1. The third-order valence-electron chi connectivity index (χ3n) is 5.94. The summed E-state index contributed by atoms with van der Waals surface area (Å²) in [7, 11) is 0. The number of benzene rings is 1. The number of nitrogens with one attached hydrogen (secondary N) is 2. The Morgan fingerprint density at radius 2 is 1.87 bits per heavy atom. The molecule has 1 aromatic heterocycles. The molecule has 2 saturated heterocycles. The summed E-state index contributed by atoms with van der Waals surface area (Å²) in [5, 5.41) is 6.03. The average Bonchev–Trinajstić information content (AvgIpc) is 2.74. The first-order valence-corrected chi connectivity index (χ1v) is 10.5. The molecule has 158 valence electrons. The zero-order chi connectivity index (χ0) is 20.9. The summed E-state index contributed by atoms with van der Waals surface area (Å²) in [6.07, 6.45) is 5.18. The number of hydrogen-bond acceptors (Lipinski definition) is 4. The van der Waals surface area contributed by atoms with Gasteiger partial charge in [-0.3, -0.25) is 9.78 Å². The zero-order valence-electron chi connectivity index (χ0n) is 17.2. The molecule has 0 spiro atoms. The van der Waals surface area contributed by atoms with Crippen molar-refractivity contribution in [1.82, 2.24) is 15.2 Å². The van der Waals surface area contributed by atoms with Crippen LogP contribution in [-0.2, 0) is 9.53 Å². The largest absolute Gasteiger partial charge is 0.381 e. The summed E-state index contributed by atoms with van der Waals surface area (Å²) in [6, 6.07) is 11.4. The highest BCUT2D eigenvalue weighted by Gasteiger charge is 2.31. The van der Waals surface area contributed by atoms with Crippen molar-refractivity contribution in [3.8, 4) is 0 Å². The molecule has 7 heteroatoms.